The van der Waals surface area contributed by atoms with Gasteiger partial charge in [-0.3, -0.25) is 15.0 Å². The number of urea groups is 1. The van der Waals surface area contributed by atoms with Gasteiger partial charge in [-0.2, -0.15) is 0 Å². The van der Waals surface area contributed by atoms with Gasteiger partial charge in [0, 0.05) is 19.1 Å². The topological polar surface area (TPSA) is 61.9 Å². The molecule has 1 spiro atoms. The zero-order valence-electron chi connectivity index (χ0n) is 12.9. The molecule has 1 atom stereocenters. The van der Waals surface area contributed by atoms with Gasteiger partial charge in [-0.05, 0) is 26.7 Å². The highest BCUT2D eigenvalue weighted by molar-refractivity contribution is 6.07. The van der Waals surface area contributed by atoms with Crippen LogP contribution >= 0.6 is 0 Å². The average molecular weight is 295 g/mol. The Labute approximate surface area is 125 Å². The number of ether oxygens (including phenoxy) is 1. The van der Waals surface area contributed by atoms with Crippen LogP contribution in [0.5, 0.6) is 0 Å². The van der Waals surface area contributed by atoms with Crippen LogP contribution < -0.4 is 5.32 Å². The van der Waals surface area contributed by atoms with E-state index >= 15 is 0 Å². The summed E-state index contributed by atoms with van der Waals surface area (Å²) in [6.07, 6.45) is 3.59. The van der Waals surface area contributed by atoms with Crippen molar-refractivity contribution in [2.75, 3.05) is 26.2 Å². The number of imide groups is 1. The van der Waals surface area contributed by atoms with Crippen molar-refractivity contribution in [3.63, 3.8) is 0 Å². The molecule has 0 aromatic carbocycles. The Balaban J connectivity index is 1.71. The Morgan fingerprint density at radius 3 is 2.71 bits per heavy atom. The first-order valence-corrected chi connectivity index (χ1v) is 8.02. The monoisotopic (exact) mass is 295 g/mol. The van der Waals surface area contributed by atoms with Gasteiger partial charge in [-0.15, -0.1) is 0 Å². The molecule has 21 heavy (non-hydrogen) atoms. The number of amides is 3. The second kappa shape index (κ2) is 5.57. The van der Waals surface area contributed by atoms with Crippen molar-refractivity contribution in [1.29, 1.82) is 0 Å². The summed E-state index contributed by atoms with van der Waals surface area (Å²) >= 11 is 0. The predicted octanol–water partition coefficient (Wildman–Crippen LogP) is 0.960. The Morgan fingerprint density at radius 1 is 1.33 bits per heavy atom. The van der Waals surface area contributed by atoms with E-state index in [1.54, 1.807) is 4.90 Å². The molecule has 2 heterocycles. The quantitative estimate of drug-likeness (QED) is 0.788. The van der Waals surface area contributed by atoms with Crippen molar-refractivity contribution >= 4 is 11.9 Å². The van der Waals surface area contributed by atoms with Crippen LogP contribution in [-0.2, 0) is 9.53 Å². The Bertz CT molecular complexity index is 432. The van der Waals surface area contributed by atoms with E-state index in [0.29, 0.717) is 19.2 Å². The van der Waals surface area contributed by atoms with Crippen molar-refractivity contribution in [2.45, 2.75) is 57.2 Å². The predicted molar refractivity (Wildman–Crippen MR) is 77.9 cm³/mol. The number of nitrogens with zero attached hydrogens (tertiary/aromatic N) is 2. The fourth-order valence-electron chi connectivity index (χ4n) is 3.84. The van der Waals surface area contributed by atoms with Crippen LogP contribution in [0.2, 0.25) is 0 Å². The number of hydrogen-bond acceptors (Lipinski definition) is 4. The first kappa shape index (κ1) is 14.8. The highest BCUT2D eigenvalue weighted by Crippen LogP contribution is 2.38. The number of rotatable bonds is 3. The van der Waals surface area contributed by atoms with E-state index in [1.807, 2.05) is 0 Å². The minimum Gasteiger partial charge on any atom is -0.374 e. The average Bonchev–Trinajstić information content (AvgIpc) is 3.02. The molecule has 3 rings (SSSR count). The zero-order valence-corrected chi connectivity index (χ0v) is 12.9. The summed E-state index contributed by atoms with van der Waals surface area (Å²) in [6, 6.07) is 0.234. The van der Waals surface area contributed by atoms with Gasteiger partial charge >= 0.3 is 6.03 Å². The molecule has 1 aliphatic carbocycles. The minimum absolute atomic E-state index is 0.00438. The molecule has 0 radical (unpaired) electrons. The molecular weight excluding hydrogens is 270 g/mol. The summed E-state index contributed by atoms with van der Waals surface area (Å²) in [5, 5.41) is 2.50. The standard InChI is InChI=1S/C15H25N3O3/c1-11(2)17-7-8-21-12(9-17)10-18-14(20)16-13(19)15(18)5-3-4-6-15/h11-12H,3-10H2,1-2H3,(H,16,19,20). The molecule has 6 nitrogen and oxygen atoms in total. The first-order valence-electron chi connectivity index (χ1n) is 8.02. The molecule has 1 saturated carbocycles. The first-order chi connectivity index (χ1) is 10.0. The highest BCUT2D eigenvalue weighted by atomic mass is 16.5. The number of carbonyl (C=O) groups excluding carboxylic acids is 2. The lowest BCUT2D eigenvalue weighted by Crippen LogP contribution is -2.55. The van der Waals surface area contributed by atoms with Gasteiger partial charge in [-0.25, -0.2) is 4.79 Å². The third kappa shape index (κ3) is 2.55. The highest BCUT2D eigenvalue weighted by Gasteiger charge is 2.54. The lowest BCUT2D eigenvalue weighted by molar-refractivity contribution is -0.127. The summed E-state index contributed by atoms with van der Waals surface area (Å²) in [6.45, 7) is 7.32. The molecular formula is C15H25N3O3. The van der Waals surface area contributed by atoms with Gasteiger partial charge in [-0.1, -0.05) is 12.8 Å². The lowest BCUT2D eigenvalue weighted by atomic mass is 9.95. The summed E-state index contributed by atoms with van der Waals surface area (Å²) in [5.41, 5.74) is -0.597. The van der Waals surface area contributed by atoms with E-state index in [1.165, 1.54) is 0 Å². The van der Waals surface area contributed by atoms with Gasteiger partial charge in [0.05, 0.1) is 19.3 Å². The fourth-order valence-corrected chi connectivity index (χ4v) is 3.84. The Morgan fingerprint density at radius 2 is 2.05 bits per heavy atom. The Kier molecular flexibility index (Phi) is 3.92. The number of morpholine rings is 1. The smallest absolute Gasteiger partial charge is 0.325 e. The summed E-state index contributed by atoms with van der Waals surface area (Å²) in [5.74, 6) is -0.110. The van der Waals surface area contributed by atoms with Crippen molar-refractivity contribution in [1.82, 2.24) is 15.1 Å². The van der Waals surface area contributed by atoms with Gasteiger partial charge in [0.2, 0.25) is 0 Å². The largest absolute Gasteiger partial charge is 0.374 e. The summed E-state index contributed by atoms with van der Waals surface area (Å²) < 4.78 is 5.83. The summed E-state index contributed by atoms with van der Waals surface area (Å²) in [4.78, 5) is 28.5. The lowest BCUT2D eigenvalue weighted by Gasteiger charge is -2.39. The molecule has 0 aromatic rings. The van der Waals surface area contributed by atoms with Crippen molar-refractivity contribution in [2.24, 2.45) is 0 Å². The fraction of sp³-hybridized carbons (Fsp3) is 0.867. The second-order valence-corrected chi connectivity index (χ2v) is 6.69. The minimum atomic E-state index is -0.597. The molecule has 118 valence electrons. The SMILES string of the molecule is CC(C)N1CCOC(CN2C(=O)NC(=O)C23CCCC3)C1. The van der Waals surface area contributed by atoms with Gasteiger partial charge in [0.1, 0.15) is 5.54 Å². The normalized spacial score (nSPS) is 29.7. The van der Waals surface area contributed by atoms with Crippen LogP contribution in [0.1, 0.15) is 39.5 Å². The maximum Gasteiger partial charge on any atom is 0.325 e. The van der Waals surface area contributed by atoms with Gasteiger partial charge in [0.15, 0.2) is 0 Å². The zero-order chi connectivity index (χ0) is 15.0. The van der Waals surface area contributed by atoms with Crippen molar-refractivity contribution in [3.8, 4) is 0 Å². The summed E-state index contributed by atoms with van der Waals surface area (Å²) in [7, 11) is 0. The van der Waals surface area contributed by atoms with E-state index in [0.717, 1.165) is 38.8 Å². The Hall–Kier alpha value is -1.14. The van der Waals surface area contributed by atoms with E-state index in [4.69, 9.17) is 4.74 Å². The molecule has 1 N–H and O–H groups in total. The van der Waals surface area contributed by atoms with E-state index in [2.05, 4.69) is 24.1 Å². The second-order valence-electron chi connectivity index (χ2n) is 6.69. The van der Waals surface area contributed by atoms with Crippen LogP contribution in [0.3, 0.4) is 0 Å². The van der Waals surface area contributed by atoms with Crippen LogP contribution in [0.25, 0.3) is 0 Å². The van der Waals surface area contributed by atoms with Gasteiger partial charge < -0.3 is 9.64 Å². The van der Waals surface area contributed by atoms with E-state index in [9.17, 15) is 9.59 Å². The molecule has 1 unspecified atom stereocenters. The van der Waals surface area contributed by atoms with Crippen molar-refractivity contribution in [3.05, 3.63) is 0 Å². The molecule has 0 bridgehead atoms. The molecule has 2 saturated heterocycles. The maximum atomic E-state index is 12.2. The van der Waals surface area contributed by atoms with Crippen molar-refractivity contribution < 1.29 is 14.3 Å². The van der Waals surface area contributed by atoms with Gasteiger partial charge in [0.25, 0.3) is 5.91 Å². The van der Waals surface area contributed by atoms with Crippen LogP contribution in [0, 0.1) is 0 Å². The molecule has 3 aliphatic rings. The van der Waals surface area contributed by atoms with Crippen LogP contribution in [0.15, 0.2) is 0 Å². The third-order valence-electron chi connectivity index (χ3n) is 5.12. The molecule has 2 aliphatic heterocycles. The third-order valence-corrected chi connectivity index (χ3v) is 5.12. The molecule has 3 amide bonds. The van der Waals surface area contributed by atoms with Crippen LogP contribution in [-0.4, -0.2) is 65.7 Å². The number of carbonyl (C=O) groups is 2. The molecule has 0 aromatic heterocycles. The van der Waals surface area contributed by atoms with E-state index < -0.39 is 5.54 Å². The molecule has 3 fully saturated rings. The van der Waals surface area contributed by atoms with E-state index in [-0.39, 0.29) is 18.0 Å². The molecule has 6 heteroatoms. The number of nitrogens with one attached hydrogen (secondary N) is 1. The maximum absolute atomic E-state index is 12.2. The van der Waals surface area contributed by atoms with Crippen LogP contribution in [0.4, 0.5) is 4.79 Å². The number of hydrogen-bond donors (Lipinski definition) is 1.